The molecule has 0 saturated carbocycles. The van der Waals surface area contributed by atoms with Gasteiger partial charge in [0.1, 0.15) is 0 Å². The van der Waals surface area contributed by atoms with Crippen molar-refractivity contribution in [2.24, 2.45) is 5.11 Å². The van der Waals surface area contributed by atoms with Gasteiger partial charge in [-0.1, -0.05) is 17.3 Å². The molecule has 14 heavy (non-hydrogen) atoms. The van der Waals surface area contributed by atoms with Gasteiger partial charge in [-0.15, -0.1) is 0 Å². The van der Waals surface area contributed by atoms with Crippen molar-refractivity contribution in [3.8, 4) is 0 Å². The number of azide groups is 1. The molecule has 1 aromatic heterocycles. The van der Waals surface area contributed by atoms with Gasteiger partial charge in [0.25, 0.3) is 0 Å². The second kappa shape index (κ2) is 3.94. The molecule has 4 heteroatoms. The van der Waals surface area contributed by atoms with Crippen molar-refractivity contribution in [2.45, 2.75) is 18.9 Å². The first-order valence-corrected chi connectivity index (χ1v) is 4.55. The van der Waals surface area contributed by atoms with Crippen LogP contribution in [0.3, 0.4) is 0 Å². The highest BCUT2D eigenvalue weighted by molar-refractivity contribution is 5.67. The second-order valence-corrected chi connectivity index (χ2v) is 3.24. The first-order chi connectivity index (χ1) is 6.90. The molecule has 1 heterocycles. The van der Waals surface area contributed by atoms with E-state index in [4.69, 9.17) is 5.53 Å². The van der Waals surface area contributed by atoms with Gasteiger partial charge in [0.2, 0.25) is 0 Å². The first kappa shape index (κ1) is 8.78. The maximum absolute atomic E-state index is 8.30. The Bertz CT molecular complexity index is 390. The van der Waals surface area contributed by atoms with Gasteiger partial charge < -0.3 is 0 Å². The predicted molar refractivity (Wildman–Crippen MR) is 54.4 cm³/mol. The molecule has 0 aromatic carbocycles. The lowest BCUT2D eigenvalue weighted by Crippen LogP contribution is -1.89. The molecule has 0 spiro atoms. The summed E-state index contributed by atoms with van der Waals surface area (Å²) in [7, 11) is 0. The van der Waals surface area contributed by atoms with E-state index in [9.17, 15) is 0 Å². The van der Waals surface area contributed by atoms with Crippen molar-refractivity contribution < 1.29 is 0 Å². The summed E-state index contributed by atoms with van der Waals surface area (Å²) in [6, 6.07) is 3.96. The van der Waals surface area contributed by atoms with Crippen molar-refractivity contribution in [3.63, 3.8) is 0 Å². The van der Waals surface area contributed by atoms with Crippen LogP contribution in [0.2, 0.25) is 0 Å². The molecule has 1 aromatic rings. The molecule has 1 atom stereocenters. The number of hydrogen-bond donors (Lipinski definition) is 0. The van der Waals surface area contributed by atoms with Crippen molar-refractivity contribution in [1.82, 2.24) is 4.98 Å². The number of allylic oxidation sites excluding steroid dienone is 1. The summed E-state index contributed by atoms with van der Waals surface area (Å²) in [6.45, 7) is 0. The number of aromatic nitrogens is 1. The number of hydrogen-bond acceptors (Lipinski definition) is 2. The van der Waals surface area contributed by atoms with Crippen LogP contribution in [0.25, 0.3) is 16.0 Å². The van der Waals surface area contributed by atoms with Gasteiger partial charge >= 0.3 is 0 Å². The summed E-state index contributed by atoms with van der Waals surface area (Å²) >= 11 is 0. The Morgan fingerprint density at radius 1 is 1.57 bits per heavy atom. The zero-order valence-electron chi connectivity index (χ0n) is 7.67. The Morgan fingerprint density at radius 2 is 2.50 bits per heavy atom. The van der Waals surface area contributed by atoms with E-state index in [2.05, 4.69) is 15.0 Å². The van der Waals surface area contributed by atoms with E-state index in [-0.39, 0.29) is 6.04 Å². The Morgan fingerprint density at radius 3 is 3.21 bits per heavy atom. The van der Waals surface area contributed by atoms with Crippen LogP contribution in [0, 0.1) is 0 Å². The van der Waals surface area contributed by atoms with Crippen LogP contribution >= 0.6 is 0 Å². The maximum Gasteiger partial charge on any atom is 0.0564 e. The number of rotatable bonds is 2. The zero-order chi connectivity index (χ0) is 9.80. The van der Waals surface area contributed by atoms with Crippen molar-refractivity contribution in [2.75, 3.05) is 0 Å². The molecule has 0 saturated heterocycles. The molecule has 0 N–H and O–H groups in total. The Hall–Kier alpha value is -1.80. The fourth-order valence-electron chi connectivity index (χ4n) is 1.65. The van der Waals surface area contributed by atoms with Crippen molar-refractivity contribution in [1.29, 1.82) is 0 Å². The third kappa shape index (κ3) is 1.75. The lowest BCUT2D eigenvalue weighted by atomic mass is 10.1. The standard InChI is InChI=1S/C10H10N4/c11-14-13-10-4-3-8(6-10)9-2-1-5-12-7-9/h1-2,5-7,10H,3-4H2. The van der Waals surface area contributed by atoms with E-state index in [1.165, 1.54) is 5.57 Å². The summed E-state index contributed by atoms with van der Waals surface area (Å²) in [5, 5.41) is 3.68. The minimum atomic E-state index is 0.0233. The average molecular weight is 186 g/mol. The third-order valence-electron chi connectivity index (χ3n) is 2.34. The molecule has 0 radical (unpaired) electrons. The highest BCUT2D eigenvalue weighted by Gasteiger charge is 2.15. The van der Waals surface area contributed by atoms with Crippen LogP contribution in [0.5, 0.6) is 0 Å². The van der Waals surface area contributed by atoms with E-state index >= 15 is 0 Å². The quantitative estimate of drug-likeness (QED) is 0.398. The smallest absolute Gasteiger partial charge is 0.0564 e. The molecule has 0 fully saturated rings. The fraction of sp³-hybridized carbons (Fsp3) is 0.300. The maximum atomic E-state index is 8.30. The van der Waals surface area contributed by atoms with Crippen LogP contribution in [0.4, 0.5) is 0 Å². The fourth-order valence-corrected chi connectivity index (χ4v) is 1.65. The lowest BCUT2D eigenvalue weighted by molar-refractivity contribution is 0.775. The highest BCUT2D eigenvalue weighted by Crippen LogP contribution is 2.28. The monoisotopic (exact) mass is 186 g/mol. The normalized spacial score (nSPS) is 20.0. The molecule has 1 unspecified atom stereocenters. The second-order valence-electron chi connectivity index (χ2n) is 3.24. The van der Waals surface area contributed by atoms with Crippen LogP contribution in [-0.4, -0.2) is 11.0 Å². The molecule has 0 amide bonds. The van der Waals surface area contributed by atoms with Gasteiger partial charge in [-0.05, 0) is 35.6 Å². The van der Waals surface area contributed by atoms with Crippen LogP contribution < -0.4 is 0 Å². The van der Waals surface area contributed by atoms with Crippen LogP contribution in [0.1, 0.15) is 18.4 Å². The van der Waals surface area contributed by atoms with Gasteiger partial charge in [-0.25, -0.2) is 0 Å². The Labute approximate surface area is 81.9 Å². The predicted octanol–water partition coefficient (Wildman–Crippen LogP) is 2.94. The Kier molecular flexibility index (Phi) is 2.47. The molecule has 0 bridgehead atoms. The molecule has 2 rings (SSSR count). The SMILES string of the molecule is [N-]=[N+]=NC1C=C(c2cccnc2)CC1. The van der Waals surface area contributed by atoms with Crippen LogP contribution in [-0.2, 0) is 0 Å². The topological polar surface area (TPSA) is 61.7 Å². The minimum Gasteiger partial charge on any atom is -0.264 e. The largest absolute Gasteiger partial charge is 0.264 e. The van der Waals surface area contributed by atoms with E-state index in [0.29, 0.717) is 0 Å². The van der Waals surface area contributed by atoms with Crippen molar-refractivity contribution >= 4 is 5.57 Å². The van der Waals surface area contributed by atoms with E-state index in [1.807, 2.05) is 24.4 Å². The van der Waals surface area contributed by atoms with E-state index in [0.717, 1.165) is 18.4 Å². The average Bonchev–Trinajstić information content (AvgIpc) is 2.68. The molecule has 70 valence electrons. The van der Waals surface area contributed by atoms with E-state index < -0.39 is 0 Å². The Balaban J connectivity index is 2.22. The molecule has 1 aliphatic carbocycles. The highest BCUT2D eigenvalue weighted by atomic mass is 15.1. The van der Waals surface area contributed by atoms with E-state index in [1.54, 1.807) is 6.20 Å². The molecular formula is C10H10N4. The molecule has 1 aliphatic rings. The molecule has 4 nitrogen and oxygen atoms in total. The van der Waals surface area contributed by atoms with Gasteiger partial charge in [0.05, 0.1) is 6.04 Å². The molecular weight excluding hydrogens is 176 g/mol. The van der Waals surface area contributed by atoms with Crippen molar-refractivity contribution in [3.05, 3.63) is 46.6 Å². The van der Waals surface area contributed by atoms with Gasteiger partial charge in [-0.3, -0.25) is 4.98 Å². The summed E-state index contributed by atoms with van der Waals surface area (Å²) < 4.78 is 0. The zero-order valence-corrected chi connectivity index (χ0v) is 7.67. The van der Waals surface area contributed by atoms with Gasteiger partial charge in [0, 0.05) is 17.3 Å². The number of pyridine rings is 1. The third-order valence-corrected chi connectivity index (χ3v) is 2.34. The minimum absolute atomic E-state index is 0.0233. The lowest BCUT2D eigenvalue weighted by Gasteiger charge is -1.98. The van der Waals surface area contributed by atoms with Crippen LogP contribution in [0.15, 0.2) is 35.7 Å². The number of nitrogens with zero attached hydrogens (tertiary/aromatic N) is 4. The summed E-state index contributed by atoms with van der Waals surface area (Å²) in [5.41, 5.74) is 10.7. The summed E-state index contributed by atoms with van der Waals surface area (Å²) in [5.74, 6) is 0. The first-order valence-electron chi connectivity index (χ1n) is 4.55. The summed E-state index contributed by atoms with van der Waals surface area (Å²) in [4.78, 5) is 6.87. The van der Waals surface area contributed by atoms with Gasteiger partial charge in [-0.2, -0.15) is 0 Å². The summed E-state index contributed by atoms with van der Waals surface area (Å²) in [6.07, 6.45) is 7.49. The molecule has 0 aliphatic heterocycles. The van der Waals surface area contributed by atoms with Gasteiger partial charge in [0.15, 0.2) is 0 Å².